The molecule has 0 aromatic rings. The van der Waals surface area contributed by atoms with Crippen molar-refractivity contribution in [1.29, 1.82) is 0 Å². The summed E-state index contributed by atoms with van der Waals surface area (Å²) < 4.78 is 18.4. The number of phosphoric ester groups is 1. The average molecular weight is 258 g/mol. The van der Waals surface area contributed by atoms with Gasteiger partial charge in [-0.05, 0) is 0 Å². The van der Waals surface area contributed by atoms with Crippen LogP contribution in [-0.4, -0.2) is 57.7 Å². The smallest absolute Gasteiger partial charge is 0.219 e. The number of ether oxygens (including phenoxy) is 1. The van der Waals surface area contributed by atoms with E-state index in [1.165, 1.54) is 0 Å². The third-order valence-corrected chi connectivity index (χ3v) is 2.56. The van der Waals surface area contributed by atoms with Crippen molar-refractivity contribution >= 4 is 7.82 Å². The molecule has 16 heavy (non-hydrogen) atoms. The minimum Gasteiger partial charge on any atom is -0.790 e. The first-order valence-corrected chi connectivity index (χ1v) is 5.69. The van der Waals surface area contributed by atoms with Gasteiger partial charge in [-0.1, -0.05) is 0 Å². The van der Waals surface area contributed by atoms with E-state index in [0.717, 1.165) is 0 Å². The Morgan fingerprint density at radius 1 is 1.44 bits per heavy atom. The molecule has 1 heterocycles. The Morgan fingerprint density at radius 3 is 2.50 bits per heavy atom. The molecule has 4 N–H and O–H groups in total. The van der Waals surface area contributed by atoms with Crippen molar-refractivity contribution in [1.82, 2.24) is 0 Å². The molecule has 0 aromatic carbocycles. The molecule has 9 nitrogen and oxygen atoms in total. The molecule has 4 atom stereocenters. The molecule has 0 spiro atoms. The Labute approximate surface area is 90.1 Å². The first kappa shape index (κ1) is 14.0. The number of hydrogen-bond acceptors (Lipinski definition) is 9. The zero-order valence-corrected chi connectivity index (χ0v) is 8.82. The Kier molecular flexibility index (Phi) is 4.06. The van der Waals surface area contributed by atoms with Gasteiger partial charge in [0, 0.05) is 0 Å². The second-order valence-electron chi connectivity index (χ2n) is 3.38. The maximum Gasteiger partial charge on any atom is 0.219 e. The van der Waals surface area contributed by atoms with E-state index in [9.17, 15) is 29.7 Å². The Morgan fingerprint density at radius 2 is 2.00 bits per heavy atom. The largest absolute Gasteiger partial charge is 0.790 e. The van der Waals surface area contributed by atoms with Gasteiger partial charge in [-0.2, -0.15) is 0 Å². The summed E-state index contributed by atoms with van der Waals surface area (Å²) in [5.74, 6) is -2.55. The van der Waals surface area contributed by atoms with Gasteiger partial charge in [-0.15, -0.1) is 0 Å². The first-order chi connectivity index (χ1) is 7.16. The molecule has 10 heteroatoms. The summed E-state index contributed by atoms with van der Waals surface area (Å²) in [6, 6.07) is 0. The van der Waals surface area contributed by atoms with Crippen molar-refractivity contribution in [3.8, 4) is 0 Å². The molecule has 1 rings (SSSR count). The van der Waals surface area contributed by atoms with Gasteiger partial charge in [-0.3, -0.25) is 0 Å². The van der Waals surface area contributed by atoms with Crippen molar-refractivity contribution < 1.29 is 44.0 Å². The first-order valence-electron chi connectivity index (χ1n) is 4.23. The van der Waals surface area contributed by atoms with Crippen LogP contribution in [0.1, 0.15) is 0 Å². The molecule has 0 aromatic heterocycles. The highest BCUT2D eigenvalue weighted by atomic mass is 31.2. The van der Waals surface area contributed by atoms with Crippen molar-refractivity contribution in [2.24, 2.45) is 0 Å². The zero-order valence-electron chi connectivity index (χ0n) is 7.92. The van der Waals surface area contributed by atoms with Gasteiger partial charge in [0.15, 0.2) is 0 Å². The lowest BCUT2D eigenvalue weighted by Gasteiger charge is -2.43. The van der Waals surface area contributed by atoms with Crippen LogP contribution in [0.3, 0.4) is 0 Å². The fourth-order valence-corrected chi connectivity index (χ4v) is 1.53. The predicted octanol–water partition coefficient (Wildman–Crippen LogP) is -4.37. The Balaban J connectivity index is 2.66. The van der Waals surface area contributed by atoms with E-state index < -0.39 is 45.1 Å². The lowest BCUT2D eigenvalue weighted by atomic mass is 9.98. The fraction of sp³-hybridized carbons (Fsp3) is 1.00. The van der Waals surface area contributed by atoms with Gasteiger partial charge in [0.1, 0.15) is 24.9 Å². The van der Waals surface area contributed by atoms with Crippen LogP contribution in [0.5, 0.6) is 0 Å². The van der Waals surface area contributed by atoms with Gasteiger partial charge in [-0.25, -0.2) is 0 Å². The highest BCUT2D eigenvalue weighted by Crippen LogP contribution is 2.31. The van der Waals surface area contributed by atoms with Crippen molar-refractivity contribution in [3.05, 3.63) is 0 Å². The van der Waals surface area contributed by atoms with Crippen molar-refractivity contribution in [2.75, 3.05) is 13.2 Å². The summed E-state index contributed by atoms with van der Waals surface area (Å²) >= 11 is 0. The molecule has 0 saturated carbocycles. The van der Waals surface area contributed by atoms with Crippen LogP contribution < -0.4 is 9.79 Å². The van der Waals surface area contributed by atoms with Gasteiger partial charge in [0.25, 0.3) is 0 Å². The zero-order chi connectivity index (χ0) is 12.6. The maximum absolute atomic E-state index is 10.2. The lowest BCUT2D eigenvalue weighted by Crippen LogP contribution is -2.62. The minimum atomic E-state index is -5.33. The Bertz CT molecular complexity index is 290. The summed E-state index contributed by atoms with van der Waals surface area (Å²) in [5.41, 5.74) is 0. The standard InChI is InChI=1S/C6H13O9P/c7-3-1-14-6(10,5(9)4(3)8)2-15-16(11,12)13/h3-5,7-10H,1-2H2,(H2,11,12,13)/p-2/t3-,4+,5+,6?/m1/s1. The molecule has 1 aliphatic heterocycles. The minimum absolute atomic E-state index is 0.542. The lowest BCUT2D eigenvalue weighted by molar-refractivity contribution is -0.363. The third kappa shape index (κ3) is 3.20. The van der Waals surface area contributed by atoms with Crippen LogP contribution in [0, 0.1) is 0 Å². The average Bonchev–Trinajstić information content (AvgIpc) is 2.18. The maximum atomic E-state index is 10.2. The highest BCUT2D eigenvalue weighted by Gasteiger charge is 2.48. The molecule has 1 saturated heterocycles. The van der Waals surface area contributed by atoms with Crippen LogP contribution in [0.4, 0.5) is 0 Å². The molecule has 1 unspecified atom stereocenters. The van der Waals surface area contributed by atoms with Crippen LogP contribution in [0.2, 0.25) is 0 Å². The number of phosphoric acid groups is 1. The van der Waals surface area contributed by atoms with Crippen LogP contribution in [0.15, 0.2) is 0 Å². The molecular formula is C6H11O9P-2. The molecular weight excluding hydrogens is 247 g/mol. The second-order valence-corrected chi connectivity index (χ2v) is 4.53. The molecule has 96 valence electrons. The van der Waals surface area contributed by atoms with Crippen LogP contribution in [0.25, 0.3) is 0 Å². The van der Waals surface area contributed by atoms with E-state index in [2.05, 4.69) is 9.26 Å². The molecule has 1 fully saturated rings. The summed E-state index contributed by atoms with van der Waals surface area (Å²) in [7, 11) is -5.33. The normalized spacial score (nSPS) is 41.0. The van der Waals surface area contributed by atoms with Gasteiger partial charge in [0.05, 0.1) is 14.4 Å². The highest BCUT2D eigenvalue weighted by molar-refractivity contribution is 7.43. The number of aliphatic hydroxyl groups is 4. The van der Waals surface area contributed by atoms with E-state index in [1.807, 2.05) is 0 Å². The van der Waals surface area contributed by atoms with Crippen LogP contribution in [-0.2, 0) is 13.8 Å². The number of rotatable bonds is 3. The fourth-order valence-electron chi connectivity index (χ4n) is 1.19. The molecule has 0 bridgehead atoms. The third-order valence-electron chi connectivity index (χ3n) is 2.11. The quantitative estimate of drug-likeness (QED) is 0.366. The van der Waals surface area contributed by atoms with Crippen LogP contribution >= 0.6 is 7.82 Å². The Hall–Kier alpha value is -0.0900. The van der Waals surface area contributed by atoms with Gasteiger partial charge >= 0.3 is 0 Å². The van der Waals surface area contributed by atoms with Gasteiger partial charge < -0.3 is 44.0 Å². The van der Waals surface area contributed by atoms with Gasteiger partial charge in [0.2, 0.25) is 5.79 Å². The molecule has 0 amide bonds. The topological polar surface area (TPSA) is 163 Å². The number of aliphatic hydroxyl groups excluding tert-OH is 3. The van der Waals surface area contributed by atoms with E-state index in [-0.39, 0.29) is 0 Å². The second kappa shape index (κ2) is 4.65. The summed E-state index contributed by atoms with van der Waals surface area (Å²) in [6.07, 6.45) is -5.16. The van der Waals surface area contributed by atoms with E-state index in [4.69, 9.17) is 5.11 Å². The summed E-state index contributed by atoms with van der Waals surface area (Å²) in [6.45, 7) is -1.71. The number of hydrogen-bond donors (Lipinski definition) is 4. The van der Waals surface area contributed by atoms with E-state index in [1.54, 1.807) is 0 Å². The van der Waals surface area contributed by atoms with Crippen molar-refractivity contribution in [2.45, 2.75) is 24.1 Å². The predicted molar refractivity (Wildman–Crippen MR) is 42.5 cm³/mol. The monoisotopic (exact) mass is 258 g/mol. The van der Waals surface area contributed by atoms with E-state index >= 15 is 0 Å². The SMILES string of the molecule is O=P([O-])([O-])OCC1(O)OC[C@@H](O)[C@H](O)[C@@H]1O. The van der Waals surface area contributed by atoms with Crippen molar-refractivity contribution in [3.63, 3.8) is 0 Å². The summed E-state index contributed by atoms with van der Waals surface area (Å²) in [4.78, 5) is 20.3. The summed E-state index contributed by atoms with van der Waals surface area (Å²) in [5, 5.41) is 37.1. The van der Waals surface area contributed by atoms with E-state index in [0.29, 0.717) is 0 Å². The molecule has 0 radical (unpaired) electrons. The molecule has 0 aliphatic carbocycles. The molecule has 1 aliphatic rings.